The lowest BCUT2D eigenvalue weighted by Gasteiger charge is -2.13. The number of nitrogen functional groups attached to an aromatic ring is 1. The van der Waals surface area contributed by atoms with Crippen LogP contribution in [0.3, 0.4) is 0 Å². The standard InChI is InChI=1S/C19H15Cl2N3OS/c20-16-10-13(11-17(21)18(16)22)24-19(26)23-12-6-8-15(9-7-12)25-14-4-2-1-3-5-14/h1-11H,22H2,(H2,23,24,26). The van der Waals surface area contributed by atoms with E-state index in [-0.39, 0.29) is 0 Å². The van der Waals surface area contributed by atoms with Crippen LogP contribution >= 0.6 is 35.4 Å². The van der Waals surface area contributed by atoms with Crippen LogP contribution < -0.4 is 21.1 Å². The molecule has 3 aromatic rings. The molecule has 0 aliphatic rings. The molecule has 26 heavy (non-hydrogen) atoms. The van der Waals surface area contributed by atoms with Gasteiger partial charge < -0.3 is 21.1 Å². The fraction of sp³-hybridized carbons (Fsp3) is 0. The van der Waals surface area contributed by atoms with Crippen molar-refractivity contribution in [2.75, 3.05) is 16.4 Å². The number of thiocarbonyl (C=S) groups is 1. The monoisotopic (exact) mass is 403 g/mol. The van der Waals surface area contributed by atoms with E-state index in [0.29, 0.717) is 26.5 Å². The molecule has 0 amide bonds. The minimum atomic E-state index is 0.340. The second-order valence-corrected chi connectivity index (χ2v) is 6.59. The third kappa shape index (κ3) is 4.79. The van der Waals surface area contributed by atoms with Crippen LogP contribution in [0.5, 0.6) is 11.5 Å². The molecule has 0 atom stereocenters. The zero-order chi connectivity index (χ0) is 18.5. The van der Waals surface area contributed by atoms with Gasteiger partial charge in [0.1, 0.15) is 11.5 Å². The van der Waals surface area contributed by atoms with E-state index in [1.165, 1.54) is 0 Å². The van der Waals surface area contributed by atoms with Crippen molar-refractivity contribution < 1.29 is 4.74 Å². The Hall–Kier alpha value is -2.47. The van der Waals surface area contributed by atoms with Crippen LogP contribution in [0, 0.1) is 0 Å². The van der Waals surface area contributed by atoms with Crippen LogP contribution in [0.25, 0.3) is 0 Å². The zero-order valence-corrected chi connectivity index (χ0v) is 15.8. The number of rotatable bonds is 4. The number of para-hydroxylation sites is 1. The molecule has 7 heteroatoms. The summed E-state index contributed by atoms with van der Waals surface area (Å²) in [5.74, 6) is 1.51. The van der Waals surface area contributed by atoms with E-state index < -0.39 is 0 Å². The quantitative estimate of drug-likeness (QED) is 0.358. The molecule has 0 fully saturated rings. The maximum absolute atomic E-state index is 6.02. The number of hydrogen-bond acceptors (Lipinski definition) is 3. The number of ether oxygens (including phenoxy) is 1. The Labute approximate surface area is 166 Å². The molecule has 4 N–H and O–H groups in total. The van der Waals surface area contributed by atoms with E-state index in [1.54, 1.807) is 12.1 Å². The molecule has 0 radical (unpaired) electrons. The lowest BCUT2D eigenvalue weighted by molar-refractivity contribution is 0.483. The van der Waals surface area contributed by atoms with Crippen LogP contribution in [0.4, 0.5) is 17.1 Å². The van der Waals surface area contributed by atoms with Crippen LogP contribution in [-0.4, -0.2) is 5.11 Å². The highest BCUT2D eigenvalue weighted by Gasteiger charge is 2.06. The van der Waals surface area contributed by atoms with Crippen LogP contribution in [0.2, 0.25) is 10.0 Å². The summed E-state index contributed by atoms with van der Waals surface area (Å²) in [5.41, 5.74) is 7.53. The van der Waals surface area contributed by atoms with Gasteiger partial charge in [-0.25, -0.2) is 0 Å². The molecule has 4 nitrogen and oxygen atoms in total. The van der Waals surface area contributed by atoms with Crippen molar-refractivity contribution in [3.05, 3.63) is 76.8 Å². The third-order valence-electron chi connectivity index (χ3n) is 3.43. The van der Waals surface area contributed by atoms with E-state index in [1.807, 2.05) is 54.6 Å². The van der Waals surface area contributed by atoms with Gasteiger partial charge in [-0.15, -0.1) is 0 Å². The zero-order valence-electron chi connectivity index (χ0n) is 13.5. The first-order valence-corrected chi connectivity index (χ1v) is 8.83. The lowest BCUT2D eigenvalue weighted by Crippen LogP contribution is -2.19. The highest BCUT2D eigenvalue weighted by molar-refractivity contribution is 7.80. The fourth-order valence-corrected chi connectivity index (χ4v) is 2.90. The van der Waals surface area contributed by atoms with E-state index in [9.17, 15) is 0 Å². The van der Waals surface area contributed by atoms with Crippen LogP contribution in [0.15, 0.2) is 66.7 Å². The van der Waals surface area contributed by atoms with E-state index in [0.717, 1.165) is 17.2 Å². The molecule has 0 bridgehead atoms. The minimum Gasteiger partial charge on any atom is -0.457 e. The summed E-state index contributed by atoms with van der Waals surface area (Å²) in [5, 5.41) is 7.23. The highest BCUT2D eigenvalue weighted by Crippen LogP contribution is 2.31. The van der Waals surface area contributed by atoms with Gasteiger partial charge in [-0.2, -0.15) is 0 Å². The Morgan fingerprint density at radius 2 is 1.35 bits per heavy atom. The molecule has 0 heterocycles. The maximum atomic E-state index is 6.02. The Kier molecular flexibility index (Phi) is 5.83. The first-order valence-electron chi connectivity index (χ1n) is 7.67. The van der Waals surface area contributed by atoms with Gasteiger partial charge in [-0.3, -0.25) is 0 Å². The molecule has 0 saturated heterocycles. The van der Waals surface area contributed by atoms with Gasteiger partial charge >= 0.3 is 0 Å². The molecular formula is C19H15Cl2N3OS. The first kappa shape index (κ1) is 18.3. The van der Waals surface area contributed by atoms with Crippen molar-refractivity contribution >= 4 is 57.6 Å². The van der Waals surface area contributed by atoms with E-state index in [4.69, 9.17) is 45.9 Å². The molecule has 3 rings (SSSR count). The van der Waals surface area contributed by atoms with Crippen molar-refractivity contribution in [2.45, 2.75) is 0 Å². The predicted molar refractivity (Wildman–Crippen MR) is 114 cm³/mol. The molecule has 0 unspecified atom stereocenters. The van der Waals surface area contributed by atoms with Crippen molar-refractivity contribution in [1.82, 2.24) is 0 Å². The second kappa shape index (κ2) is 8.27. The average Bonchev–Trinajstić information content (AvgIpc) is 2.62. The molecule has 3 aromatic carbocycles. The predicted octanol–water partition coefficient (Wildman–Crippen LogP) is 6.18. The average molecular weight is 404 g/mol. The molecule has 0 aromatic heterocycles. The molecule has 132 valence electrons. The Morgan fingerprint density at radius 3 is 1.96 bits per heavy atom. The number of hydrogen-bond donors (Lipinski definition) is 3. The fourth-order valence-electron chi connectivity index (χ4n) is 2.18. The molecule has 0 spiro atoms. The minimum absolute atomic E-state index is 0.340. The van der Waals surface area contributed by atoms with E-state index in [2.05, 4.69) is 10.6 Å². The van der Waals surface area contributed by atoms with Gasteiger partial charge in [-0.05, 0) is 60.7 Å². The van der Waals surface area contributed by atoms with Gasteiger partial charge in [-0.1, -0.05) is 41.4 Å². The van der Waals surface area contributed by atoms with Crippen molar-refractivity contribution in [1.29, 1.82) is 0 Å². The van der Waals surface area contributed by atoms with Crippen molar-refractivity contribution in [3.8, 4) is 11.5 Å². The van der Waals surface area contributed by atoms with Gasteiger partial charge in [0.2, 0.25) is 0 Å². The van der Waals surface area contributed by atoms with Crippen molar-refractivity contribution in [3.63, 3.8) is 0 Å². The van der Waals surface area contributed by atoms with Gasteiger partial charge in [0.25, 0.3) is 0 Å². The summed E-state index contributed by atoms with van der Waals surface area (Å²) < 4.78 is 5.75. The van der Waals surface area contributed by atoms with Gasteiger partial charge in [0, 0.05) is 11.4 Å². The SMILES string of the molecule is Nc1c(Cl)cc(NC(=S)Nc2ccc(Oc3ccccc3)cc2)cc1Cl. The summed E-state index contributed by atoms with van der Waals surface area (Å²) in [7, 11) is 0. The second-order valence-electron chi connectivity index (χ2n) is 5.37. The smallest absolute Gasteiger partial charge is 0.175 e. The summed E-state index contributed by atoms with van der Waals surface area (Å²) in [6, 6.07) is 20.4. The first-order chi connectivity index (χ1) is 12.5. The van der Waals surface area contributed by atoms with Gasteiger partial charge in [0.05, 0.1) is 15.7 Å². The van der Waals surface area contributed by atoms with Crippen LogP contribution in [-0.2, 0) is 0 Å². The van der Waals surface area contributed by atoms with Gasteiger partial charge in [0.15, 0.2) is 5.11 Å². The number of benzene rings is 3. The Morgan fingerprint density at radius 1 is 0.808 bits per heavy atom. The number of anilines is 3. The Bertz CT molecular complexity index is 895. The molecule has 0 saturated carbocycles. The third-order valence-corrected chi connectivity index (χ3v) is 4.26. The van der Waals surface area contributed by atoms with Crippen LogP contribution in [0.1, 0.15) is 0 Å². The number of nitrogens with two attached hydrogens (primary N) is 1. The van der Waals surface area contributed by atoms with E-state index >= 15 is 0 Å². The molecule has 0 aliphatic carbocycles. The Balaban J connectivity index is 1.61. The summed E-state index contributed by atoms with van der Waals surface area (Å²) >= 11 is 17.3. The number of nitrogens with one attached hydrogen (secondary N) is 2. The summed E-state index contributed by atoms with van der Waals surface area (Å²) in [6.07, 6.45) is 0. The molecular weight excluding hydrogens is 389 g/mol. The van der Waals surface area contributed by atoms with Crippen molar-refractivity contribution in [2.24, 2.45) is 0 Å². The maximum Gasteiger partial charge on any atom is 0.175 e. The molecule has 0 aliphatic heterocycles. The largest absolute Gasteiger partial charge is 0.457 e. The lowest BCUT2D eigenvalue weighted by atomic mass is 10.3. The normalized spacial score (nSPS) is 10.2. The summed E-state index contributed by atoms with van der Waals surface area (Å²) in [4.78, 5) is 0. The topological polar surface area (TPSA) is 59.3 Å². The highest BCUT2D eigenvalue weighted by atomic mass is 35.5. The summed E-state index contributed by atoms with van der Waals surface area (Å²) in [6.45, 7) is 0. The number of halogens is 2.